The van der Waals surface area contributed by atoms with Gasteiger partial charge in [-0.2, -0.15) is 0 Å². The van der Waals surface area contributed by atoms with Crippen LogP contribution in [0.2, 0.25) is 0 Å². The quantitative estimate of drug-likeness (QED) is 0.868. The Kier molecular flexibility index (Phi) is 4.26. The summed E-state index contributed by atoms with van der Waals surface area (Å²) in [6, 6.07) is 8.64. The number of Topliss-reactive ketones (excluding diaryl/α,β-unsaturated/α-hetero) is 2. The molecule has 112 valence electrons. The normalized spacial score (nSPS) is 20.1. The van der Waals surface area contributed by atoms with Crippen LogP contribution in [0.4, 0.5) is 0 Å². The van der Waals surface area contributed by atoms with Crippen molar-refractivity contribution < 1.29 is 14.4 Å². The van der Waals surface area contributed by atoms with Crippen molar-refractivity contribution in [2.45, 2.75) is 39.7 Å². The van der Waals surface area contributed by atoms with Crippen molar-refractivity contribution in [1.29, 1.82) is 0 Å². The first kappa shape index (κ1) is 15.4. The molecule has 0 radical (unpaired) electrons. The average Bonchev–Trinajstić information content (AvgIpc) is 2.36. The van der Waals surface area contributed by atoms with Gasteiger partial charge in [-0.15, -0.1) is 0 Å². The molecular formula is C17H21NO3. The van der Waals surface area contributed by atoms with E-state index in [0.29, 0.717) is 12.8 Å². The Labute approximate surface area is 124 Å². The number of hydrogen-bond acceptors (Lipinski definition) is 3. The number of rotatable bonds is 3. The molecule has 1 aromatic rings. The maximum Gasteiger partial charge on any atom is 0.217 e. The van der Waals surface area contributed by atoms with Crippen LogP contribution in [0.1, 0.15) is 45.2 Å². The highest BCUT2D eigenvalue weighted by atomic mass is 16.2. The van der Waals surface area contributed by atoms with E-state index >= 15 is 0 Å². The molecule has 4 heteroatoms. The Bertz CT molecular complexity index is 543. The second-order valence-corrected chi connectivity index (χ2v) is 6.52. The maximum absolute atomic E-state index is 12.4. The molecule has 21 heavy (non-hydrogen) atoms. The Hall–Kier alpha value is -1.97. The molecule has 1 saturated carbocycles. The topological polar surface area (TPSA) is 63.2 Å². The van der Waals surface area contributed by atoms with E-state index in [1.54, 1.807) is 0 Å². The van der Waals surface area contributed by atoms with Gasteiger partial charge >= 0.3 is 0 Å². The van der Waals surface area contributed by atoms with Gasteiger partial charge in [0.05, 0.1) is 6.04 Å². The fourth-order valence-corrected chi connectivity index (χ4v) is 3.02. The molecule has 1 amide bonds. The van der Waals surface area contributed by atoms with Crippen molar-refractivity contribution in [2.24, 2.45) is 11.3 Å². The van der Waals surface area contributed by atoms with E-state index in [1.165, 1.54) is 6.92 Å². The SMILES string of the molecule is CC(=O)NC(c1ccccc1)C1C(=O)CC(C)(C)CC1=O. The van der Waals surface area contributed by atoms with Crippen LogP contribution >= 0.6 is 0 Å². The summed E-state index contributed by atoms with van der Waals surface area (Å²) in [4.78, 5) is 36.4. The van der Waals surface area contributed by atoms with Gasteiger partial charge < -0.3 is 5.32 Å². The standard InChI is InChI=1S/C17H21NO3/c1-11(19)18-16(12-7-5-4-6-8-12)15-13(20)9-17(2,3)10-14(15)21/h4-8,15-16H,9-10H2,1-3H3,(H,18,19). The van der Waals surface area contributed by atoms with Gasteiger partial charge in [-0.05, 0) is 11.0 Å². The molecule has 0 aliphatic heterocycles. The lowest BCUT2D eigenvalue weighted by Gasteiger charge is -2.36. The first-order valence-electron chi connectivity index (χ1n) is 7.18. The highest BCUT2D eigenvalue weighted by Crippen LogP contribution is 2.38. The summed E-state index contributed by atoms with van der Waals surface area (Å²) >= 11 is 0. The molecular weight excluding hydrogens is 266 g/mol. The van der Waals surface area contributed by atoms with Crippen molar-refractivity contribution in [1.82, 2.24) is 5.32 Å². The largest absolute Gasteiger partial charge is 0.348 e. The highest BCUT2D eigenvalue weighted by molar-refractivity contribution is 6.06. The van der Waals surface area contributed by atoms with E-state index in [2.05, 4.69) is 5.32 Å². The lowest BCUT2D eigenvalue weighted by molar-refractivity contribution is -0.141. The smallest absolute Gasteiger partial charge is 0.217 e. The Morgan fingerprint density at radius 1 is 1.14 bits per heavy atom. The molecule has 0 heterocycles. The predicted octanol–water partition coefficient (Wildman–Crippen LogP) is 2.44. The Morgan fingerprint density at radius 2 is 1.67 bits per heavy atom. The first-order chi connectivity index (χ1) is 9.80. The van der Waals surface area contributed by atoms with E-state index in [0.717, 1.165) is 5.56 Å². The minimum Gasteiger partial charge on any atom is -0.348 e. The van der Waals surface area contributed by atoms with Gasteiger partial charge in [0, 0.05) is 19.8 Å². The number of benzene rings is 1. The molecule has 1 aliphatic carbocycles. The van der Waals surface area contributed by atoms with Crippen molar-refractivity contribution in [3.05, 3.63) is 35.9 Å². The molecule has 1 unspecified atom stereocenters. The van der Waals surface area contributed by atoms with Gasteiger partial charge in [0.1, 0.15) is 17.5 Å². The van der Waals surface area contributed by atoms with Gasteiger partial charge in [0.25, 0.3) is 0 Å². The molecule has 1 aliphatic rings. The zero-order valence-corrected chi connectivity index (χ0v) is 12.7. The number of amides is 1. The maximum atomic E-state index is 12.4. The zero-order chi connectivity index (χ0) is 15.6. The monoisotopic (exact) mass is 287 g/mol. The third-order valence-electron chi connectivity index (χ3n) is 3.85. The molecule has 1 atom stereocenters. The van der Waals surface area contributed by atoms with Gasteiger partial charge in [-0.1, -0.05) is 44.2 Å². The van der Waals surface area contributed by atoms with Crippen LogP contribution in [0, 0.1) is 11.3 Å². The van der Waals surface area contributed by atoms with Crippen LogP contribution in [0.5, 0.6) is 0 Å². The van der Waals surface area contributed by atoms with Crippen LogP contribution in [0.25, 0.3) is 0 Å². The van der Waals surface area contributed by atoms with Crippen LogP contribution in [-0.2, 0) is 14.4 Å². The summed E-state index contributed by atoms with van der Waals surface area (Å²) in [5.41, 5.74) is 0.501. The number of carbonyl (C=O) groups is 3. The zero-order valence-electron chi connectivity index (χ0n) is 12.7. The molecule has 1 N–H and O–H groups in total. The summed E-state index contributed by atoms with van der Waals surface area (Å²) in [6.45, 7) is 5.25. The lowest BCUT2D eigenvalue weighted by Crippen LogP contribution is -2.45. The minimum absolute atomic E-state index is 0.0844. The summed E-state index contributed by atoms with van der Waals surface area (Å²) in [5, 5.41) is 2.77. The van der Waals surface area contributed by atoms with E-state index in [9.17, 15) is 14.4 Å². The number of nitrogens with one attached hydrogen (secondary N) is 1. The van der Waals surface area contributed by atoms with Crippen molar-refractivity contribution >= 4 is 17.5 Å². The molecule has 4 nitrogen and oxygen atoms in total. The minimum atomic E-state index is -0.774. The second-order valence-electron chi connectivity index (χ2n) is 6.52. The second kappa shape index (κ2) is 5.80. The summed E-state index contributed by atoms with van der Waals surface area (Å²) in [7, 11) is 0. The molecule has 1 fully saturated rings. The van der Waals surface area contributed by atoms with Crippen LogP contribution in [-0.4, -0.2) is 17.5 Å². The van der Waals surface area contributed by atoms with Crippen molar-refractivity contribution in [3.63, 3.8) is 0 Å². The molecule has 0 aromatic heterocycles. The Balaban J connectivity index is 2.35. The van der Waals surface area contributed by atoms with Crippen molar-refractivity contribution in [3.8, 4) is 0 Å². The third kappa shape index (κ3) is 3.57. The van der Waals surface area contributed by atoms with E-state index in [-0.39, 0.29) is 22.9 Å². The van der Waals surface area contributed by atoms with Gasteiger partial charge in [0.15, 0.2) is 0 Å². The summed E-state index contributed by atoms with van der Waals surface area (Å²) < 4.78 is 0. The molecule has 0 bridgehead atoms. The number of hydrogen-bond donors (Lipinski definition) is 1. The lowest BCUT2D eigenvalue weighted by atomic mass is 9.68. The highest BCUT2D eigenvalue weighted by Gasteiger charge is 2.44. The fourth-order valence-electron chi connectivity index (χ4n) is 3.02. The molecule has 0 spiro atoms. The van der Waals surface area contributed by atoms with E-state index in [4.69, 9.17) is 0 Å². The number of ketones is 2. The van der Waals surface area contributed by atoms with Crippen molar-refractivity contribution in [2.75, 3.05) is 0 Å². The average molecular weight is 287 g/mol. The molecule has 1 aromatic carbocycles. The van der Waals surface area contributed by atoms with E-state index < -0.39 is 12.0 Å². The van der Waals surface area contributed by atoms with Gasteiger partial charge in [-0.25, -0.2) is 0 Å². The van der Waals surface area contributed by atoms with Crippen LogP contribution in [0.15, 0.2) is 30.3 Å². The molecule has 0 saturated heterocycles. The first-order valence-corrected chi connectivity index (χ1v) is 7.18. The summed E-state index contributed by atoms with van der Waals surface area (Å²) in [6.07, 6.45) is 0.735. The third-order valence-corrected chi connectivity index (χ3v) is 3.85. The number of carbonyl (C=O) groups excluding carboxylic acids is 3. The predicted molar refractivity (Wildman–Crippen MR) is 79.5 cm³/mol. The van der Waals surface area contributed by atoms with E-state index in [1.807, 2.05) is 44.2 Å². The van der Waals surface area contributed by atoms with Gasteiger partial charge in [-0.3, -0.25) is 14.4 Å². The van der Waals surface area contributed by atoms with Crippen LogP contribution in [0.3, 0.4) is 0 Å². The summed E-state index contributed by atoms with van der Waals surface area (Å²) in [5.74, 6) is -1.18. The van der Waals surface area contributed by atoms with Crippen LogP contribution < -0.4 is 5.32 Å². The fraction of sp³-hybridized carbons (Fsp3) is 0.471. The van der Waals surface area contributed by atoms with Gasteiger partial charge in [0.2, 0.25) is 5.91 Å². The Morgan fingerprint density at radius 3 is 2.14 bits per heavy atom. The molecule has 2 rings (SSSR count).